The summed E-state index contributed by atoms with van der Waals surface area (Å²) in [5, 5.41) is 9.92. The molecular weight excluding hydrogens is 265 g/mol. The number of rotatable bonds is 1. The zero-order valence-corrected chi connectivity index (χ0v) is 10.2. The first-order chi connectivity index (χ1) is 7.91. The number of carboxylic acids is 1. The molecule has 1 N–H and O–H groups in total. The largest absolute Gasteiger partial charge is 0.478 e. The van der Waals surface area contributed by atoms with Crippen molar-refractivity contribution in [1.29, 1.82) is 0 Å². The lowest BCUT2D eigenvalue weighted by atomic mass is 10.1. The summed E-state index contributed by atoms with van der Waals surface area (Å²) in [7, 11) is 1.53. The highest BCUT2D eigenvalue weighted by Crippen LogP contribution is 2.29. The third-order valence-corrected chi connectivity index (χ3v) is 3.01. The van der Waals surface area contributed by atoms with Gasteiger partial charge in [0.25, 0.3) is 5.56 Å². The average molecular weight is 272 g/mol. The van der Waals surface area contributed by atoms with E-state index in [1.54, 1.807) is 0 Å². The number of aromatic carboxylic acids is 1. The van der Waals surface area contributed by atoms with E-state index in [1.807, 2.05) is 0 Å². The van der Waals surface area contributed by atoms with E-state index in [4.69, 9.17) is 28.3 Å². The van der Waals surface area contributed by atoms with Crippen LogP contribution in [-0.4, -0.2) is 15.6 Å². The van der Waals surface area contributed by atoms with Gasteiger partial charge in [0.1, 0.15) is 0 Å². The summed E-state index contributed by atoms with van der Waals surface area (Å²) in [5.41, 5.74) is -0.148. The number of carbonyl (C=O) groups is 1. The molecule has 0 bridgehead atoms. The van der Waals surface area contributed by atoms with E-state index in [0.29, 0.717) is 15.9 Å². The summed E-state index contributed by atoms with van der Waals surface area (Å²) in [6.07, 6.45) is 0. The van der Waals surface area contributed by atoms with Gasteiger partial charge in [-0.25, -0.2) is 4.79 Å². The average Bonchev–Trinajstić information content (AvgIpc) is 2.23. The Labute approximate surface area is 106 Å². The molecule has 0 amide bonds. The van der Waals surface area contributed by atoms with Gasteiger partial charge in [-0.05, 0) is 12.1 Å². The molecule has 0 fully saturated rings. The van der Waals surface area contributed by atoms with Crippen molar-refractivity contribution < 1.29 is 9.90 Å². The fraction of sp³-hybridized carbons (Fsp3) is 0.0909. The van der Waals surface area contributed by atoms with Gasteiger partial charge in [-0.15, -0.1) is 0 Å². The second-order valence-corrected chi connectivity index (χ2v) is 4.39. The van der Waals surface area contributed by atoms with Crippen molar-refractivity contribution >= 4 is 40.1 Å². The second kappa shape index (κ2) is 4.05. The van der Waals surface area contributed by atoms with Crippen LogP contribution in [0, 0.1) is 0 Å². The number of nitrogens with zero attached hydrogens (tertiary/aromatic N) is 1. The van der Waals surface area contributed by atoms with Gasteiger partial charge in [-0.1, -0.05) is 23.2 Å². The molecule has 0 unspecified atom stereocenters. The maximum Gasteiger partial charge on any atom is 0.336 e. The van der Waals surface area contributed by atoms with Crippen LogP contribution in [-0.2, 0) is 7.05 Å². The number of hydrogen-bond donors (Lipinski definition) is 1. The summed E-state index contributed by atoms with van der Waals surface area (Å²) in [6, 6.07) is 4.00. The molecule has 2 aromatic rings. The van der Waals surface area contributed by atoms with E-state index in [-0.39, 0.29) is 10.6 Å². The van der Waals surface area contributed by atoms with Crippen molar-refractivity contribution in [2.45, 2.75) is 0 Å². The Morgan fingerprint density at radius 1 is 1.29 bits per heavy atom. The molecule has 0 aliphatic carbocycles. The summed E-state index contributed by atoms with van der Waals surface area (Å²) in [6.45, 7) is 0. The molecule has 0 spiro atoms. The number of aryl methyl sites for hydroxylation is 1. The Morgan fingerprint density at radius 2 is 1.94 bits per heavy atom. The zero-order valence-electron chi connectivity index (χ0n) is 8.70. The predicted molar refractivity (Wildman–Crippen MR) is 66.2 cm³/mol. The lowest BCUT2D eigenvalue weighted by Gasteiger charge is -2.09. The molecule has 2 rings (SSSR count). The smallest absolute Gasteiger partial charge is 0.336 e. The van der Waals surface area contributed by atoms with E-state index < -0.39 is 11.5 Å². The molecule has 88 valence electrons. The quantitative estimate of drug-likeness (QED) is 0.867. The van der Waals surface area contributed by atoms with Gasteiger partial charge in [0.2, 0.25) is 0 Å². The lowest BCUT2D eigenvalue weighted by molar-refractivity contribution is 0.0699. The number of fused-ring (bicyclic) bond motifs is 1. The van der Waals surface area contributed by atoms with E-state index in [0.717, 1.165) is 6.07 Å². The Morgan fingerprint density at radius 3 is 2.53 bits per heavy atom. The molecule has 1 aromatic heterocycles. The standard InChI is InChI=1S/C11H7Cl2NO3/c1-14-8-3-5(12)2-7(13)10(8)6(11(16)17)4-9(14)15/h2-4H,1H3,(H,16,17). The van der Waals surface area contributed by atoms with Crippen LogP contribution in [0.4, 0.5) is 0 Å². The molecule has 4 nitrogen and oxygen atoms in total. The number of halogens is 2. The molecule has 0 atom stereocenters. The molecule has 0 aliphatic rings. The number of benzene rings is 1. The predicted octanol–water partition coefficient (Wildman–Crippen LogP) is 2.54. The van der Waals surface area contributed by atoms with Gasteiger partial charge in [0.15, 0.2) is 0 Å². The van der Waals surface area contributed by atoms with E-state index >= 15 is 0 Å². The van der Waals surface area contributed by atoms with Crippen LogP contribution < -0.4 is 5.56 Å². The van der Waals surface area contributed by atoms with Crippen molar-refractivity contribution in [3.05, 3.63) is 44.2 Å². The maximum atomic E-state index is 11.6. The SMILES string of the molecule is Cn1c(=O)cc(C(=O)O)c2c(Cl)cc(Cl)cc21. The first-order valence-electron chi connectivity index (χ1n) is 4.64. The Bertz CT molecular complexity index is 691. The van der Waals surface area contributed by atoms with Gasteiger partial charge >= 0.3 is 5.97 Å². The third-order valence-electron chi connectivity index (χ3n) is 2.49. The van der Waals surface area contributed by atoms with Gasteiger partial charge in [-0.2, -0.15) is 0 Å². The molecule has 0 saturated carbocycles. The van der Waals surface area contributed by atoms with Gasteiger partial charge in [-0.3, -0.25) is 4.79 Å². The lowest BCUT2D eigenvalue weighted by Crippen LogP contribution is -2.19. The van der Waals surface area contributed by atoms with Crippen LogP contribution in [0.25, 0.3) is 10.9 Å². The van der Waals surface area contributed by atoms with Gasteiger partial charge in [0.05, 0.1) is 16.1 Å². The van der Waals surface area contributed by atoms with Crippen molar-refractivity contribution in [3.8, 4) is 0 Å². The zero-order chi connectivity index (χ0) is 12.7. The van der Waals surface area contributed by atoms with Crippen molar-refractivity contribution in [3.63, 3.8) is 0 Å². The first-order valence-corrected chi connectivity index (χ1v) is 5.39. The molecule has 0 radical (unpaired) electrons. The minimum atomic E-state index is -1.20. The second-order valence-electron chi connectivity index (χ2n) is 3.54. The minimum absolute atomic E-state index is 0.121. The van der Waals surface area contributed by atoms with Gasteiger partial charge < -0.3 is 9.67 Å². The van der Waals surface area contributed by atoms with Crippen molar-refractivity contribution in [1.82, 2.24) is 4.57 Å². The fourth-order valence-corrected chi connectivity index (χ4v) is 2.26. The van der Waals surface area contributed by atoms with Crippen LogP contribution in [0.15, 0.2) is 23.0 Å². The Hall–Kier alpha value is -1.52. The molecular formula is C11H7Cl2NO3. The summed E-state index contributed by atoms with van der Waals surface area (Å²) in [5.74, 6) is -1.20. The highest BCUT2D eigenvalue weighted by molar-refractivity contribution is 6.39. The molecule has 6 heteroatoms. The topological polar surface area (TPSA) is 59.3 Å². The molecule has 1 heterocycles. The van der Waals surface area contributed by atoms with E-state index in [1.165, 1.54) is 23.7 Å². The number of carboxylic acid groups (broad SMARTS) is 1. The number of pyridine rings is 1. The maximum absolute atomic E-state index is 11.6. The minimum Gasteiger partial charge on any atom is -0.478 e. The van der Waals surface area contributed by atoms with E-state index in [9.17, 15) is 9.59 Å². The van der Waals surface area contributed by atoms with Gasteiger partial charge in [0, 0.05) is 23.5 Å². The molecule has 0 saturated heterocycles. The van der Waals surface area contributed by atoms with Crippen LogP contribution in [0.1, 0.15) is 10.4 Å². The molecule has 1 aromatic carbocycles. The Kier molecular flexibility index (Phi) is 2.85. The third kappa shape index (κ3) is 1.90. The summed E-state index contributed by atoms with van der Waals surface area (Å²) in [4.78, 5) is 22.7. The summed E-state index contributed by atoms with van der Waals surface area (Å²) >= 11 is 11.8. The Balaban J connectivity index is 3.10. The fourth-order valence-electron chi connectivity index (χ4n) is 1.67. The van der Waals surface area contributed by atoms with Crippen molar-refractivity contribution in [2.24, 2.45) is 7.05 Å². The highest BCUT2D eigenvalue weighted by atomic mass is 35.5. The molecule has 17 heavy (non-hydrogen) atoms. The monoisotopic (exact) mass is 271 g/mol. The van der Waals surface area contributed by atoms with Crippen LogP contribution >= 0.6 is 23.2 Å². The highest BCUT2D eigenvalue weighted by Gasteiger charge is 2.15. The van der Waals surface area contributed by atoms with Crippen LogP contribution in [0.2, 0.25) is 10.0 Å². The van der Waals surface area contributed by atoms with Crippen LogP contribution in [0.3, 0.4) is 0 Å². The summed E-state index contributed by atoms with van der Waals surface area (Å²) < 4.78 is 1.31. The number of aromatic nitrogens is 1. The first kappa shape index (κ1) is 12.0. The van der Waals surface area contributed by atoms with Crippen molar-refractivity contribution in [2.75, 3.05) is 0 Å². The normalized spacial score (nSPS) is 10.8. The molecule has 0 aliphatic heterocycles. The number of hydrogen-bond acceptors (Lipinski definition) is 2. The van der Waals surface area contributed by atoms with Crippen LogP contribution in [0.5, 0.6) is 0 Å². The van der Waals surface area contributed by atoms with E-state index in [2.05, 4.69) is 0 Å².